The van der Waals surface area contributed by atoms with E-state index in [-0.39, 0.29) is 11.9 Å². The van der Waals surface area contributed by atoms with Crippen LogP contribution in [0.5, 0.6) is 0 Å². The predicted molar refractivity (Wildman–Crippen MR) is 83.0 cm³/mol. The molecule has 1 rings (SSSR count). The largest absolute Gasteiger partial charge is 0.357 e. The van der Waals surface area contributed by atoms with E-state index >= 15 is 0 Å². The Morgan fingerprint density at radius 1 is 1.40 bits per heavy atom. The first-order valence-corrected chi connectivity index (χ1v) is 7.23. The Labute approximate surface area is 121 Å². The second-order valence-corrected chi connectivity index (χ2v) is 4.99. The minimum atomic E-state index is -0.0412. The molecule has 1 aromatic rings. The van der Waals surface area contributed by atoms with Gasteiger partial charge < -0.3 is 15.5 Å². The number of aromatic nitrogens is 1. The molecule has 5 heteroatoms. The molecule has 0 aliphatic carbocycles. The van der Waals surface area contributed by atoms with Crippen molar-refractivity contribution < 1.29 is 4.79 Å². The molecule has 0 radical (unpaired) electrons. The second kappa shape index (κ2) is 7.85. The van der Waals surface area contributed by atoms with E-state index in [0.717, 1.165) is 25.3 Å². The lowest BCUT2D eigenvalue weighted by molar-refractivity contribution is 0.0748. The van der Waals surface area contributed by atoms with E-state index in [0.29, 0.717) is 12.1 Å². The molecule has 0 fully saturated rings. The molecule has 0 saturated carbocycles. The maximum Gasteiger partial charge on any atom is 0.255 e. The molecule has 1 heterocycles. The average Bonchev–Trinajstić information content (AvgIpc) is 2.50. The van der Waals surface area contributed by atoms with E-state index in [1.165, 1.54) is 0 Å². The average molecular weight is 278 g/mol. The summed E-state index contributed by atoms with van der Waals surface area (Å²) in [5.41, 5.74) is 6.19. The Balaban J connectivity index is 2.82. The molecule has 112 valence electrons. The minimum absolute atomic E-state index is 0.0226. The topological polar surface area (TPSA) is 62.5 Å². The summed E-state index contributed by atoms with van der Waals surface area (Å²) in [5, 5.41) is 0. The van der Waals surface area contributed by atoms with E-state index in [1.54, 1.807) is 18.1 Å². The number of carbonyl (C=O) groups is 1. The van der Waals surface area contributed by atoms with Crippen LogP contribution in [0.15, 0.2) is 18.3 Å². The van der Waals surface area contributed by atoms with Crippen LogP contribution in [-0.4, -0.2) is 48.5 Å². The maximum atomic E-state index is 12.2. The number of pyridine rings is 1. The van der Waals surface area contributed by atoms with Crippen molar-refractivity contribution in [1.82, 2.24) is 9.88 Å². The van der Waals surface area contributed by atoms with Gasteiger partial charge >= 0.3 is 0 Å². The Hall–Kier alpha value is -1.62. The number of hydrogen-bond donors (Lipinski definition) is 1. The van der Waals surface area contributed by atoms with Gasteiger partial charge in [0, 0.05) is 38.9 Å². The molecule has 2 N–H and O–H groups in total. The van der Waals surface area contributed by atoms with Gasteiger partial charge in [-0.25, -0.2) is 4.98 Å². The van der Waals surface area contributed by atoms with Crippen LogP contribution in [0, 0.1) is 0 Å². The van der Waals surface area contributed by atoms with Crippen LogP contribution in [0.2, 0.25) is 0 Å². The first-order chi connectivity index (χ1) is 9.54. The van der Waals surface area contributed by atoms with Crippen LogP contribution in [0.25, 0.3) is 0 Å². The van der Waals surface area contributed by atoms with E-state index in [2.05, 4.69) is 23.7 Å². The summed E-state index contributed by atoms with van der Waals surface area (Å²) in [6.45, 7) is 8.52. The van der Waals surface area contributed by atoms with Crippen molar-refractivity contribution >= 4 is 11.7 Å². The predicted octanol–water partition coefficient (Wildman–Crippen LogP) is 1.74. The highest BCUT2D eigenvalue weighted by Crippen LogP contribution is 2.13. The highest BCUT2D eigenvalue weighted by atomic mass is 16.2. The minimum Gasteiger partial charge on any atom is -0.357 e. The number of rotatable bonds is 7. The van der Waals surface area contributed by atoms with Gasteiger partial charge in [-0.2, -0.15) is 0 Å². The third-order valence-electron chi connectivity index (χ3n) is 3.52. The molecule has 1 unspecified atom stereocenters. The highest BCUT2D eigenvalue weighted by molar-refractivity contribution is 5.94. The Kier molecular flexibility index (Phi) is 6.45. The highest BCUT2D eigenvalue weighted by Gasteiger charge is 2.17. The van der Waals surface area contributed by atoms with Crippen molar-refractivity contribution in [3.63, 3.8) is 0 Å². The summed E-state index contributed by atoms with van der Waals surface area (Å²) < 4.78 is 0. The van der Waals surface area contributed by atoms with Crippen LogP contribution in [0.4, 0.5) is 5.82 Å². The summed E-state index contributed by atoms with van der Waals surface area (Å²) in [6.07, 6.45) is 2.72. The number of likely N-dealkylation sites (N-methyl/N-ethyl adjacent to an activating group) is 1. The van der Waals surface area contributed by atoms with Crippen molar-refractivity contribution in [3.05, 3.63) is 23.9 Å². The Bertz CT molecular complexity index is 418. The molecule has 1 amide bonds. The molecular weight excluding hydrogens is 252 g/mol. The molecule has 0 bridgehead atoms. The number of nitrogens with two attached hydrogens (primary N) is 1. The Morgan fingerprint density at radius 2 is 2.10 bits per heavy atom. The van der Waals surface area contributed by atoms with Gasteiger partial charge in [0.2, 0.25) is 0 Å². The zero-order chi connectivity index (χ0) is 15.1. The van der Waals surface area contributed by atoms with Gasteiger partial charge in [0.15, 0.2) is 0 Å². The van der Waals surface area contributed by atoms with Crippen molar-refractivity contribution in [1.29, 1.82) is 0 Å². The van der Waals surface area contributed by atoms with E-state index in [9.17, 15) is 4.79 Å². The van der Waals surface area contributed by atoms with Crippen LogP contribution < -0.4 is 10.6 Å². The first-order valence-electron chi connectivity index (χ1n) is 7.23. The number of anilines is 1. The molecule has 0 saturated heterocycles. The molecule has 0 aromatic carbocycles. The monoisotopic (exact) mass is 278 g/mol. The molecular formula is C15H26N4O. The summed E-state index contributed by atoms with van der Waals surface area (Å²) >= 11 is 0. The van der Waals surface area contributed by atoms with E-state index in [4.69, 9.17) is 5.73 Å². The van der Waals surface area contributed by atoms with Gasteiger partial charge in [0.25, 0.3) is 5.91 Å². The first kappa shape index (κ1) is 16.4. The number of nitrogens with zero attached hydrogens (tertiary/aromatic N) is 3. The quantitative estimate of drug-likeness (QED) is 0.825. The molecule has 20 heavy (non-hydrogen) atoms. The van der Waals surface area contributed by atoms with Gasteiger partial charge in [-0.3, -0.25) is 4.79 Å². The standard InChI is InChI=1S/C15H26N4O/c1-5-9-19(6-2)14-8-7-13(11-17-14)15(20)18(4)12(3)10-16/h7-8,11-12H,5-6,9-10,16H2,1-4H3. The molecule has 0 aliphatic rings. The van der Waals surface area contributed by atoms with E-state index < -0.39 is 0 Å². The maximum absolute atomic E-state index is 12.2. The molecule has 5 nitrogen and oxygen atoms in total. The van der Waals surface area contributed by atoms with Gasteiger partial charge in [0.05, 0.1) is 5.56 Å². The van der Waals surface area contributed by atoms with Crippen LogP contribution in [0.3, 0.4) is 0 Å². The van der Waals surface area contributed by atoms with E-state index in [1.807, 2.05) is 19.1 Å². The lowest BCUT2D eigenvalue weighted by Crippen LogP contribution is -2.39. The summed E-state index contributed by atoms with van der Waals surface area (Å²) in [4.78, 5) is 20.5. The zero-order valence-corrected chi connectivity index (χ0v) is 13.0. The van der Waals surface area contributed by atoms with Gasteiger partial charge in [0.1, 0.15) is 5.82 Å². The summed E-state index contributed by atoms with van der Waals surface area (Å²) in [7, 11) is 1.77. The van der Waals surface area contributed by atoms with Gasteiger partial charge in [-0.15, -0.1) is 0 Å². The van der Waals surface area contributed by atoms with Crippen molar-refractivity contribution in [3.8, 4) is 0 Å². The van der Waals surface area contributed by atoms with Crippen molar-refractivity contribution in [2.24, 2.45) is 5.73 Å². The smallest absolute Gasteiger partial charge is 0.255 e. The number of carbonyl (C=O) groups excluding carboxylic acids is 1. The lowest BCUT2D eigenvalue weighted by Gasteiger charge is -2.24. The van der Waals surface area contributed by atoms with Crippen LogP contribution in [0.1, 0.15) is 37.6 Å². The third kappa shape index (κ3) is 3.93. The fourth-order valence-electron chi connectivity index (χ4n) is 1.97. The molecule has 0 aliphatic heterocycles. The Morgan fingerprint density at radius 3 is 2.55 bits per heavy atom. The van der Waals surface area contributed by atoms with Gasteiger partial charge in [-0.1, -0.05) is 6.92 Å². The van der Waals surface area contributed by atoms with Gasteiger partial charge in [-0.05, 0) is 32.4 Å². The SMILES string of the molecule is CCCN(CC)c1ccc(C(=O)N(C)C(C)CN)cn1. The fourth-order valence-corrected chi connectivity index (χ4v) is 1.97. The zero-order valence-electron chi connectivity index (χ0n) is 13.0. The normalized spacial score (nSPS) is 12.1. The van der Waals surface area contributed by atoms with Crippen molar-refractivity contribution in [2.75, 3.05) is 31.6 Å². The lowest BCUT2D eigenvalue weighted by atomic mass is 10.2. The number of amides is 1. The molecule has 1 aromatic heterocycles. The van der Waals surface area contributed by atoms with Crippen molar-refractivity contribution in [2.45, 2.75) is 33.2 Å². The third-order valence-corrected chi connectivity index (χ3v) is 3.52. The summed E-state index contributed by atoms with van der Waals surface area (Å²) in [6, 6.07) is 3.77. The molecule has 1 atom stereocenters. The summed E-state index contributed by atoms with van der Waals surface area (Å²) in [5.74, 6) is 0.876. The molecule has 0 spiro atoms. The van der Waals surface area contributed by atoms with Crippen LogP contribution in [-0.2, 0) is 0 Å². The van der Waals surface area contributed by atoms with Crippen LogP contribution >= 0.6 is 0 Å². The number of hydrogen-bond acceptors (Lipinski definition) is 4. The fraction of sp³-hybridized carbons (Fsp3) is 0.600. The second-order valence-electron chi connectivity index (χ2n) is 4.99.